The molecular formula is C13H14ClNO2. The van der Waals surface area contributed by atoms with E-state index in [0.29, 0.717) is 11.4 Å². The predicted octanol–water partition coefficient (Wildman–Crippen LogP) is 2.29. The number of benzene rings is 1. The Morgan fingerprint density at radius 3 is 2.82 bits per heavy atom. The summed E-state index contributed by atoms with van der Waals surface area (Å²) in [6.45, 7) is 0.206. The molecule has 0 aromatic heterocycles. The Balaban J connectivity index is 1.89. The Labute approximate surface area is 105 Å². The van der Waals surface area contributed by atoms with Crippen LogP contribution in [0.1, 0.15) is 12.0 Å². The maximum atomic E-state index is 11.7. The second kappa shape index (κ2) is 5.34. The number of hydrogen-bond donors (Lipinski definition) is 1. The van der Waals surface area contributed by atoms with E-state index in [1.165, 1.54) is 0 Å². The third-order valence-electron chi connectivity index (χ3n) is 2.75. The molecule has 2 unspecified atom stereocenters. The highest BCUT2D eigenvalue weighted by Crippen LogP contribution is 2.20. The van der Waals surface area contributed by atoms with Crippen molar-refractivity contribution in [3.05, 3.63) is 47.0 Å². The molecule has 0 fully saturated rings. The van der Waals surface area contributed by atoms with Crippen molar-refractivity contribution in [2.75, 3.05) is 0 Å². The largest absolute Gasteiger partial charge is 0.460 e. The summed E-state index contributed by atoms with van der Waals surface area (Å²) in [5, 5.41) is 0.610. The van der Waals surface area contributed by atoms with Gasteiger partial charge in [0.15, 0.2) is 0 Å². The average Bonchev–Trinajstić information content (AvgIpc) is 2.74. The van der Waals surface area contributed by atoms with Gasteiger partial charge in [-0.25, -0.2) is 0 Å². The van der Waals surface area contributed by atoms with Crippen LogP contribution in [0, 0.1) is 5.92 Å². The summed E-state index contributed by atoms with van der Waals surface area (Å²) in [6.07, 6.45) is 4.27. The van der Waals surface area contributed by atoms with Gasteiger partial charge in [0.1, 0.15) is 6.61 Å². The van der Waals surface area contributed by atoms with Crippen LogP contribution >= 0.6 is 11.6 Å². The van der Waals surface area contributed by atoms with Gasteiger partial charge in [0, 0.05) is 16.6 Å². The summed E-state index contributed by atoms with van der Waals surface area (Å²) in [4.78, 5) is 11.7. The van der Waals surface area contributed by atoms with Gasteiger partial charge in [-0.05, 0) is 12.5 Å². The highest BCUT2D eigenvalue weighted by molar-refractivity contribution is 6.31. The lowest BCUT2D eigenvalue weighted by molar-refractivity contribution is -0.148. The Morgan fingerprint density at radius 1 is 1.41 bits per heavy atom. The maximum Gasteiger partial charge on any atom is 0.313 e. The summed E-state index contributed by atoms with van der Waals surface area (Å²) in [5.74, 6) is -0.457. The van der Waals surface area contributed by atoms with Crippen LogP contribution in [0.15, 0.2) is 36.4 Å². The lowest BCUT2D eigenvalue weighted by atomic mass is 10.1. The van der Waals surface area contributed by atoms with E-state index in [-0.39, 0.29) is 24.5 Å². The molecule has 0 amide bonds. The standard InChI is InChI=1S/C13H14ClNO2/c14-12-4-2-1-3-10(12)8-17-13(16)9-5-6-11(15)7-9/h1-6,9,11H,7-8,15H2. The van der Waals surface area contributed by atoms with Crippen LogP contribution in [0.2, 0.25) is 5.02 Å². The minimum atomic E-state index is -0.242. The Morgan fingerprint density at radius 2 is 2.18 bits per heavy atom. The maximum absolute atomic E-state index is 11.7. The first-order valence-electron chi connectivity index (χ1n) is 5.51. The number of halogens is 1. The Kier molecular flexibility index (Phi) is 3.82. The molecule has 1 aromatic rings. The van der Waals surface area contributed by atoms with Crippen molar-refractivity contribution >= 4 is 17.6 Å². The fourth-order valence-corrected chi connectivity index (χ4v) is 1.96. The zero-order valence-corrected chi connectivity index (χ0v) is 10.1. The first kappa shape index (κ1) is 12.1. The van der Waals surface area contributed by atoms with E-state index in [1.807, 2.05) is 24.3 Å². The van der Waals surface area contributed by atoms with Crippen molar-refractivity contribution in [2.24, 2.45) is 11.7 Å². The van der Waals surface area contributed by atoms with E-state index in [9.17, 15) is 4.79 Å². The van der Waals surface area contributed by atoms with Crippen LogP contribution < -0.4 is 5.73 Å². The number of hydrogen-bond acceptors (Lipinski definition) is 3. The quantitative estimate of drug-likeness (QED) is 0.662. The van der Waals surface area contributed by atoms with Gasteiger partial charge >= 0.3 is 5.97 Å². The third-order valence-corrected chi connectivity index (χ3v) is 3.12. The molecule has 0 saturated heterocycles. The molecule has 1 aromatic carbocycles. The average molecular weight is 252 g/mol. The number of rotatable bonds is 3. The van der Waals surface area contributed by atoms with Crippen LogP contribution in [0.4, 0.5) is 0 Å². The van der Waals surface area contributed by atoms with Crippen molar-refractivity contribution < 1.29 is 9.53 Å². The number of carbonyl (C=O) groups is 1. The van der Waals surface area contributed by atoms with Crippen molar-refractivity contribution in [3.8, 4) is 0 Å². The highest BCUT2D eigenvalue weighted by atomic mass is 35.5. The molecule has 0 bridgehead atoms. The molecular weight excluding hydrogens is 238 g/mol. The summed E-state index contributed by atoms with van der Waals surface area (Å²) in [6, 6.07) is 7.28. The second-order valence-corrected chi connectivity index (χ2v) is 4.50. The van der Waals surface area contributed by atoms with Gasteiger partial charge in [0.25, 0.3) is 0 Å². The van der Waals surface area contributed by atoms with E-state index < -0.39 is 0 Å². The lowest BCUT2D eigenvalue weighted by Gasteiger charge is -2.10. The Hall–Kier alpha value is -1.32. The molecule has 0 aliphatic heterocycles. The van der Waals surface area contributed by atoms with Gasteiger partial charge in [-0.1, -0.05) is 42.0 Å². The smallest absolute Gasteiger partial charge is 0.313 e. The second-order valence-electron chi connectivity index (χ2n) is 4.09. The van der Waals surface area contributed by atoms with Gasteiger partial charge in [0.05, 0.1) is 5.92 Å². The molecule has 2 N–H and O–H groups in total. The van der Waals surface area contributed by atoms with Crippen molar-refractivity contribution in [1.29, 1.82) is 0 Å². The normalized spacial score (nSPS) is 22.7. The molecule has 1 aliphatic rings. The molecule has 0 saturated carbocycles. The number of carbonyl (C=O) groups excluding carboxylic acids is 1. The van der Waals surface area contributed by atoms with Crippen LogP contribution in [0.5, 0.6) is 0 Å². The van der Waals surface area contributed by atoms with Gasteiger partial charge in [-0.3, -0.25) is 4.79 Å². The molecule has 2 atom stereocenters. The van der Waals surface area contributed by atoms with Crippen LogP contribution in [0.3, 0.4) is 0 Å². The molecule has 0 radical (unpaired) electrons. The molecule has 0 heterocycles. The molecule has 17 heavy (non-hydrogen) atoms. The minimum Gasteiger partial charge on any atom is -0.460 e. The monoisotopic (exact) mass is 251 g/mol. The van der Waals surface area contributed by atoms with E-state index in [1.54, 1.807) is 12.1 Å². The first-order chi connectivity index (χ1) is 8.16. The van der Waals surface area contributed by atoms with Gasteiger partial charge in [0.2, 0.25) is 0 Å². The molecule has 0 spiro atoms. The summed E-state index contributed by atoms with van der Waals surface area (Å²) < 4.78 is 5.21. The van der Waals surface area contributed by atoms with Gasteiger partial charge < -0.3 is 10.5 Å². The fourth-order valence-electron chi connectivity index (χ4n) is 1.77. The number of esters is 1. The zero-order valence-electron chi connectivity index (χ0n) is 9.30. The SMILES string of the molecule is NC1C=CC(C(=O)OCc2ccccc2Cl)C1. The Bertz CT molecular complexity index is 445. The van der Waals surface area contributed by atoms with Crippen LogP contribution in [-0.4, -0.2) is 12.0 Å². The number of nitrogens with two attached hydrogens (primary N) is 1. The van der Waals surface area contributed by atoms with Crippen molar-refractivity contribution in [3.63, 3.8) is 0 Å². The topological polar surface area (TPSA) is 52.3 Å². The van der Waals surface area contributed by atoms with E-state index >= 15 is 0 Å². The van der Waals surface area contributed by atoms with E-state index in [2.05, 4.69) is 0 Å². The van der Waals surface area contributed by atoms with Crippen molar-refractivity contribution in [1.82, 2.24) is 0 Å². The molecule has 2 rings (SSSR count). The van der Waals surface area contributed by atoms with E-state index in [4.69, 9.17) is 22.1 Å². The molecule has 90 valence electrons. The van der Waals surface area contributed by atoms with Crippen LogP contribution in [0.25, 0.3) is 0 Å². The summed E-state index contributed by atoms with van der Waals surface area (Å²) in [7, 11) is 0. The van der Waals surface area contributed by atoms with Crippen LogP contribution in [-0.2, 0) is 16.1 Å². The van der Waals surface area contributed by atoms with Gasteiger partial charge in [-0.15, -0.1) is 0 Å². The van der Waals surface area contributed by atoms with E-state index in [0.717, 1.165) is 5.56 Å². The van der Waals surface area contributed by atoms with Gasteiger partial charge in [-0.2, -0.15) is 0 Å². The minimum absolute atomic E-state index is 0.0344. The zero-order chi connectivity index (χ0) is 12.3. The van der Waals surface area contributed by atoms with Crippen molar-refractivity contribution in [2.45, 2.75) is 19.1 Å². The molecule has 3 nitrogen and oxygen atoms in total. The lowest BCUT2D eigenvalue weighted by Crippen LogP contribution is -2.20. The first-order valence-corrected chi connectivity index (χ1v) is 5.88. The molecule has 1 aliphatic carbocycles. The molecule has 4 heteroatoms. The highest BCUT2D eigenvalue weighted by Gasteiger charge is 2.24. The third kappa shape index (κ3) is 3.08. The summed E-state index contributed by atoms with van der Waals surface area (Å²) >= 11 is 5.97. The fraction of sp³-hybridized carbons (Fsp3) is 0.308. The number of ether oxygens (including phenoxy) is 1. The summed E-state index contributed by atoms with van der Waals surface area (Å²) in [5.41, 5.74) is 6.49. The predicted molar refractivity (Wildman–Crippen MR) is 66.5 cm³/mol.